The number of Topliss-reactive ketones (excluding diaryl/α,β-unsaturated/α-hetero) is 1. The van der Waals surface area contributed by atoms with E-state index in [0.717, 1.165) is 50.5 Å². The summed E-state index contributed by atoms with van der Waals surface area (Å²) in [5.74, 6) is 2.28. The molecule has 0 bridgehead atoms. The summed E-state index contributed by atoms with van der Waals surface area (Å²) >= 11 is 0. The number of carbonyl (C=O) groups is 3. The first-order valence-corrected chi connectivity index (χ1v) is 18.1. The monoisotopic (exact) mass is 624 g/mol. The summed E-state index contributed by atoms with van der Waals surface area (Å²) in [4.78, 5) is 45.0. The van der Waals surface area contributed by atoms with Crippen LogP contribution in [0.2, 0.25) is 0 Å². The number of amides is 2. The molecule has 4 saturated carbocycles. The minimum absolute atomic E-state index is 0.0714. The second-order valence-electron chi connectivity index (χ2n) is 18.3. The first-order chi connectivity index (χ1) is 20.9. The zero-order chi connectivity index (χ0) is 32.9. The lowest BCUT2D eigenvalue weighted by Crippen LogP contribution is -2.63. The highest BCUT2D eigenvalue weighted by atomic mass is 16.6. The van der Waals surface area contributed by atoms with Gasteiger partial charge in [0, 0.05) is 32.6 Å². The number of ether oxygens (including phenoxy) is 1. The van der Waals surface area contributed by atoms with Crippen LogP contribution in [0.4, 0.5) is 4.79 Å². The van der Waals surface area contributed by atoms with E-state index in [-0.39, 0.29) is 52.0 Å². The molecule has 7 heteroatoms. The molecule has 5 aliphatic carbocycles. The molecule has 0 aromatic heterocycles. The highest BCUT2D eigenvalue weighted by Gasteiger charge is 2.67. The smallest absolute Gasteiger partial charge is 0.410 e. The standard InChI is InChI=1S/C38H60N2O5/c1-23(2)30-26(41)22-38(32(43)39-18-20-40(21-19-39)33(44)45-34(3,4)5)17-12-25-24(31(30)38)10-11-28-36(25,8)15-13-27-35(6,7)29(42)14-16-37(27,28)9/h23-25,27-29,42H,10-22H2,1-9H3/t24-,25?,27?,28?,29-,36?,37?,38+/m0/s1. The van der Waals surface area contributed by atoms with Crippen molar-refractivity contribution in [2.45, 2.75) is 132 Å². The van der Waals surface area contributed by atoms with Gasteiger partial charge in [-0.3, -0.25) is 9.59 Å². The Kier molecular flexibility index (Phi) is 7.94. The Hall–Kier alpha value is -1.89. The van der Waals surface area contributed by atoms with Crippen LogP contribution in [0.3, 0.4) is 0 Å². The van der Waals surface area contributed by atoms with E-state index in [1.165, 1.54) is 12.0 Å². The number of piperazine rings is 1. The number of aliphatic hydroxyl groups is 1. The van der Waals surface area contributed by atoms with Gasteiger partial charge in [-0.05, 0) is 129 Å². The van der Waals surface area contributed by atoms with E-state index in [0.29, 0.717) is 50.4 Å². The number of hydrogen-bond acceptors (Lipinski definition) is 5. The fourth-order valence-electron chi connectivity index (χ4n) is 12.3. The van der Waals surface area contributed by atoms with Gasteiger partial charge in [-0.25, -0.2) is 4.79 Å². The topological polar surface area (TPSA) is 87.2 Å². The van der Waals surface area contributed by atoms with Gasteiger partial charge in [0.05, 0.1) is 11.5 Å². The number of aliphatic hydroxyl groups excluding tert-OH is 1. The van der Waals surface area contributed by atoms with Gasteiger partial charge < -0.3 is 19.6 Å². The molecule has 2 amide bonds. The minimum Gasteiger partial charge on any atom is -0.444 e. The van der Waals surface area contributed by atoms with Crippen molar-refractivity contribution in [1.29, 1.82) is 0 Å². The Balaban J connectivity index is 1.29. The summed E-state index contributed by atoms with van der Waals surface area (Å²) in [5, 5.41) is 11.0. The third-order valence-corrected chi connectivity index (χ3v) is 14.2. The van der Waals surface area contributed by atoms with E-state index in [4.69, 9.17) is 4.74 Å². The molecule has 1 saturated heterocycles. The number of rotatable bonds is 2. The number of ketones is 1. The maximum absolute atomic E-state index is 14.7. The van der Waals surface area contributed by atoms with Gasteiger partial charge in [0.1, 0.15) is 5.60 Å². The maximum Gasteiger partial charge on any atom is 0.410 e. The van der Waals surface area contributed by atoms with Crippen molar-refractivity contribution in [3.8, 4) is 0 Å². The molecule has 45 heavy (non-hydrogen) atoms. The average molecular weight is 625 g/mol. The van der Waals surface area contributed by atoms with Crippen molar-refractivity contribution in [1.82, 2.24) is 9.80 Å². The molecule has 5 unspecified atom stereocenters. The Morgan fingerprint density at radius 1 is 0.844 bits per heavy atom. The first kappa shape index (κ1) is 33.0. The summed E-state index contributed by atoms with van der Waals surface area (Å²) < 4.78 is 5.60. The number of allylic oxidation sites excluding steroid dienone is 1. The van der Waals surface area contributed by atoms with E-state index < -0.39 is 11.0 Å². The highest BCUT2D eigenvalue weighted by molar-refractivity contribution is 6.07. The van der Waals surface area contributed by atoms with Crippen LogP contribution in [-0.2, 0) is 14.3 Å². The molecular weight excluding hydrogens is 564 g/mol. The van der Waals surface area contributed by atoms with Gasteiger partial charge in [0.25, 0.3) is 0 Å². The summed E-state index contributed by atoms with van der Waals surface area (Å²) in [6, 6.07) is 0. The Labute approximate surface area is 271 Å². The van der Waals surface area contributed by atoms with Crippen LogP contribution >= 0.6 is 0 Å². The molecular formula is C38H60N2O5. The molecule has 0 radical (unpaired) electrons. The summed E-state index contributed by atoms with van der Waals surface area (Å²) in [7, 11) is 0. The van der Waals surface area contributed by atoms with Crippen molar-refractivity contribution in [3.63, 3.8) is 0 Å². The van der Waals surface area contributed by atoms with Crippen LogP contribution in [0.25, 0.3) is 0 Å². The Morgan fingerprint density at radius 2 is 1.47 bits per heavy atom. The summed E-state index contributed by atoms with van der Waals surface area (Å²) in [6.45, 7) is 21.5. The molecule has 0 spiro atoms. The third kappa shape index (κ3) is 4.94. The fraction of sp³-hybridized carbons (Fsp3) is 0.868. The van der Waals surface area contributed by atoms with Crippen molar-refractivity contribution in [2.24, 2.45) is 51.2 Å². The number of nitrogens with zero attached hydrogens (tertiary/aromatic N) is 2. The van der Waals surface area contributed by atoms with E-state index in [1.807, 2.05) is 25.7 Å². The average Bonchev–Trinajstić information content (AvgIpc) is 3.27. The van der Waals surface area contributed by atoms with Crippen molar-refractivity contribution in [3.05, 3.63) is 11.1 Å². The molecule has 6 rings (SSSR count). The lowest BCUT2D eigenvalue weighted by molar-refractivity contribution is -0.203. The van der Waals surface area contributed by atoms with E-state index in [1.54, 1.807) is 4.90 Å². The molecule has 5 fully saturated rings. The Bertz CT molecular complexity index is 1270. The van der Waals surface area contributed by atoms with E-state index >= 15 is 0 Å². The quantitative estimate of drug-likeness (QED) is 0.357. The van der Waals surface area contributed by atoms with Gasteiger partial charge in [-0.1, -0.05) is 41.5 Å². The Morgan fingerprint density at radius 3 is 2.09 bits per heavy atom. The van der Waals surface area contributed by atoms with Gasteiger partial charge >= 0.3 is 6.09 Å². The predicted octanol–water partition coefficient (Wildman–Crippen LogP) is 7.02. The van der Waals surface area contributed by atoms with Crippen LogP contribution in [-0.4, -0.2) is 70.6 Å². The normalized spacial score (nSPS) is 41.3. The zero-order valence-corrected chi connectivity index (χ0v) is 29.6. The molecule has 7 nitrogen and oxygen atoms in total. The predicted molar refractivity (Wildman–Crippen MR) is 175 cm³/mol. The van der Waals surface area contributed by atoms with Crippen molar-refractivity contribution >= 4 is 17.8 Å². The highest BCUT2D eigenvalue weighted by Crippen LogP contribution is 2.73. The lowest BCUT2D eigenvalue weighted by Gasteiger charge is -2.68. The van der Waals surface area contributed by atoms with Crippen LogP contribution in [0.5, 0.6) is 0 Å². The number of fused-ring (bicyclic) bond motifs is 7. The third-order valence-electron chi connectivity index (χ3n) is 14.2. The minimum atomic E-state index is -0.729. The first-order valence-electron chi connectivity index (χ1n) is 18.1. The van der Waals surface area contributed by atoms with Crippen LogP contribution in [0.15, 0.2) is 11.1 Å². The molecule has 1 heterocycles. The van der Waals surface area contributed by atoms with Crippen molar-refractivity contribution in [2.75, 3.05) is 26.2 Å². The summed E-state index contributed by atoms with van der Waals surface area (Å²) in [5.41, 5.74) is 1.19. The van der Waals surface area contributed by atoms with E-state index in [9.17, 15) is 19.5 Å². The second kappa shape index (κ2) is 10.8. The number of carbonyl (C=O) groups excluding carboxylic acids is 3. The SMILES string of the molecule is CC(C)C1=C2[C@H]3CCC4C(C)(CCC5C4(C)CC[C@H](O)C5(C)C)C3CC[C@@]2(C(=O)N2CCN(C(=O)OC(C)(C)C)CC2)CC1=O. The van der Waals surface area contributed by atoms with Crippen LogP contribution in [0, 0.1) is 51.2 Å². The molecule has 0 aromatic rings. The van der Waals surface area contributed by atoms with Crippen LogP contribution < -0.4 is 0 Å². The maximum atomic E-state index is 14.7. The van der Waals surface area contributed by atoms with E-state index in [2.05, 4.69) is 41.5 Å². The fourth-order valence-corrected chi connectivity index (χ4v) is 12.3. The second-order valence-corrected chi connectivity index (χ2v) is 18.3. The number of hydrogen-bond donors (Lipinski definition) is 1. The molecule has 252 valence electrons. The zero-order valence-electron chi connectivity index (χ0n) is 29.6. The van der Waals surface area contributed by atoms with Gasteiger partial charge in [0.2, 0.25) is 5.91 Å². The molecule has 1 aliphatic heterocycles. The van der Waals surface area contributed by atoms with Crippen LogP contribution in [0.1, 0.15) is 120 Å². The van der Waals surface area contributed by atoms with Gasteiger partial charge in [-0.15, -0.1) is 0 Å². The largest absolute Gasteiger partial charge is 0.444 e. The summed E-state index contributed by atoms with van der Waals surface area (Å²) in [6.07, 6.45) is 8.00. The van der Waals surface area contributed by atoms with Gasteiger partial charge in [-0.2, -0.15) is 0 Å². The molecule has 1 N–H and O–H groups in total. The molecule has 8 atom stereocenters. The lowest BCUT2D eigenvalue weighted by atomic mass is 9.36. The molecule has 0 aromatic carbocycles. The molecule has 6 aliphatic rings. The van der Waals surface area contributed by atoms with Gasteiger partial charge in [0.15, 0.2) is 5.78 Å². The van der Waals surface area contributed by atoms with Crippen molar-refractivity contribution < 1.29 is 24.2 Å².